The number of phenolic OH excluding ortho intramolecular Hbond substituents is 1. The first-order valence-corrected chi connectivity index (χ1v) is 9.01. The van der Waals surface area contributed by atoms with Gasteiger partial charge in [-0.3, -0.25) is 9.89 Å². The smallest absolute Gasteiger partial charge is 0.182 e. The number of pyridine rings is 1. The van der Waals surface area contributed by atoms with Crippen LogP contribution in [0.2, 0.25) is 0 Å². The van der Waals surface area contributed by atoms with E-state index < -0.39 is 0 Å². The van der Waals surface area contributed by atoms with Crippen LogP contribution in [0.4, 0.5) is 0 Å². The molecule has 1 aliphatic heterocycles. The third kappa shape index (κ3) is 3.20. The molecule has 0 amide bonds. The van der Waals surface area contributed by atoms with E-state index in [1.165, 1.54) is 0 Å². The van der Waals surface area contributed by atoms with Crippen LogP contribution in [0.1, 0.15) is 35.3 Å². The number of nitrogens with zero attached hydrogens (tertiary/aromatic N) is 2. The average Bonchev–Trinajstić information content (AvgIpc) is 3.03. The van der Waals surface area contributed by atoms with Crippen molar-refractivity contribution in [3.63, 3.8) is 0 Å². The number of phenols is 1. The van der Waals surface area contributed by atoms with Crippen molar-refractivity contribution in [2.75, 3.05) is 13.1 Å². The summed E-state index contributed by atoms with van der Waals surface area (Å²) in [7, 11) is 0. The zero-order valence-electron chi connectivity index (χ0n) is 14.7. The number of fused-ring (bicyclic) bond motifs is 1. The largest absolute Gasteiger partial charge is 0.508 e. The van der Waals surface area contributed by atoms with Crippen LogP contribution in [0.3, 0.4) is 0 Å². The van der Waals surface area contributed by atoms with Gasteiger partial charge < -0.3 is 10.4 Å². The Morgan fingerprint density at radius 3 is 2.69 bits per heavy atom. The minimum absolute atomic E-state index is 0.147. The lowest BCUT2D eigenvalue weighted by Crippen LogP contribution is -2.29. The molecule has 3 heterocycles. The Morgan fingerprint density at radius 1 is 1.23 bits per heavy atom. The van der Waals surface area contributed by atoms with Gasteiger partial charge in [0, 0.05) is 23.2 Å². The maximum absolute atomic E-state index is 13.1. The fourth-order valence-corrected chi connectivity index (χ4v) is 3.63. The Hall–Kier alpha value is -2.73. The lowest BCUT2D eigenvalue weighted by Gasteiger charge is -2.22. The van der Waals surface area contributed by atoms with Crippen molar-refractivity contribution in [3.8, 4) is 17.0 Å². The second kappa shape index (κ2) is 6.88. The summed E-state index contributed by atoms with van der Waals surface area (Å²) in [6.45, 7) is 3.87. The van der Waals surface area contributed by atoms with Gasteiger partial charge in [0.25, 0.3) is 0 Å². The molecule has 134 valence electrons. The number of benzene rings is 1. The Morgan fingerprint density at radius 2 is 1.96 bits per heavy atom. The van der Waals surface area contributed by atoms with Gasteiger partial charge in [-0.1, -0.05) is 0 Å². The van der Waals surface area contributed by atoms with Gasteiger partial charge >= 0.3 is 0 Å². The number of piperidine rings is 1. The summed E-state index contributed by atoms with van der Waals surface area (Å²) in [5, 5.41) is 20.9. The van der Waals surface area contributed by atoms with Crippen LogP contribution in [-0.4, -0.2) is 39.2 Å². The molecule has 0 unspecified atom stereocenters. The van der Waals surface area contributed by atoms with Crippen LogP contribution in [0.5, 0.6) is 5.75 Å². The molecule has 0 saturated carbocycles. The second-order valence-electron chi connectivity index (χ2n) is 6.97. The number of aromatic amines is 1. The van der Waals surface area contributed by atoms with E-state index in [1.807, 2.05) is 13.0 Å². The van der Waals surface area contributed by atoms with E-state index in [1.54, 1.807) is 24.3 Å². The SMILES string of the molecule is Cc1[nH]nc2nc(-c3ccc(O)cc3)cc(C(=O)CC3CCNCC3)c12. The molecule has 1 aromatic carbocycles. The van der Waals surface area contributed by atoms with E-state index in [4.69, 9.17) is 0 Å². The number of ketones is 1. The van der Waals surface area contributed by atoms with Crippen molar-refractivity contribution in [2.24, 2.45) is 5.92 Å². The molecule has 0 spiro atoms. The number of aryl methyl sites for hydroxylation is 1. The first-order valence-electron chi connectivity index (χ1n) is 9.01. The third-order valence-electron chi connectivity index (χ3n) is 5.10. The van der Waals surface area contributed by atoms with Crippen molar-refractivity contribution in [1.29, 1.82) is 0 Å². The molecule has 26 heavy (non-hydrogen) atoms. The highest BCUT2D eigenvalue weighted by molar-refractivity contribution is 6.08. The molecule has 0 atom stereocenters. The second-order valence-corrected chi connectivity index (χ2v) is 6.97. The highest BCUT2D eigenvalue weighted by atomic mass is 16.3. The van der Waals surface area contributed by atoms with Crippen LogP contribution in [0.25, 0.3) is 22.3 Å². The van der Waals surface area contributed by atoms with Crippen molar-refractivity contribution in [3.05, 3.63) is 41.6 Å². The number of aromatic hydroxyl groups is 1. The summed E-state index contributed by atoms with van der Waals surface area (Å²) in [4.78, 5) is 17.7. The molecule has 0 aliphatic carbocycles. The summed E-state index contributed by atoms with van der Waals surface area (Å²) in [6, 6.07) is 8.69. The van der Waals surface area contributed by atoms with E-state index in [2.05, 4.69) is 20.5 Å². The van der Waals surface area contributed by atoms with Gasteiger partial charge in [-0.25, -0.2) is 4.98 Å². The van der Waals surface area contributed by atoms with Gasteiger partial charge in [-0.15, -0.1) is 0 Å². The van der Waals surface area contributed by atoms with Crippen molar-refractivity contribution < 1.29 is 9.90 Å². The topological polar surface area (TPSA) is 90.9 Å². The number of nitrogens with one attached hydrogen (secondary N) is 2. The van der Waals surface area contributed by atoms with Crippen molar-refractivity contribution in [1.82, 2.24) is 20.5 Å². The fraction of sp³-hybridized carbons (Fsp3) is 0.350. The fourth-order valence-electron chi connectivity index (χ4n) is 3.63. The van der Waals surface area contributed by atoms with Crippen LogP contribution in [0.15, 0.2) is 30.3 Å². The molecule has 6 nitrogen and oxygen atoms in total. The third-order valence-corrected chi connectivity index (χ3v) is 5.10. The van der Waals surface area contributed by atoms with E-state index in [9.17, 15) is 9.90 Å². The molecule has 6 heteroatoms. The maximum Gasteiger partial charge on any atom is 0.182 e. The number of H-pyrrole nitrogens is 1. The van der Waals surface area contributed by atoms with E-state index in [0.717, 1.165) is 42.6 Å². The summed E-state index contributed by atoms with van der Waals surface area (Å²) < 4.78 is 0. The standard InChI is InChI=1S/C20H22N4O2/c1-12-19-16(18(26)10-13-6-8-21-9-7-13)11-17(22-20(19)24-23-12)14-2-4-15(25)5-3-14/h2-5,11,13,21,25H,6-10H2,1H3,(H,22,23,24). The van der Waals surface area contributed by atoms with E-state index >= 15 is 0 Å². The lowest BCUT2D eigenvalue weighted by molar-refractivity contribution is 0.0954. The molecule has 1 fully saturated rings. The molecule has 3 aromatic rings. The number of hydrogen-bond acceptors (Lipinski definition) is 5. The van der Waals surface area contributed by atoms with Crippen LogP contribution < -0.4 is 5.32 Å². The van der Waals surface area contributed by atoms with E-state index in [-0.39, 0.29) is 11.5 Å². The summed E-state index contributed by atoms with van der Waals surface area (Å²) in [6.07, 6.45) is 2.63. The molecule has 2 aromatic heterocycles. The van der Waals surface area contributed by atoms with Crippen molar-refractivity contribution >= 4 is 16.8 Å². The molecule has 4 rings (SSSR count). The molecule has 0 radical (unpaired) electrons. The maximum atomic E-state index is 13.1. The van der Waals surface area contributed by atoms with Crippen molar-refractivity contribution in [2.45, 2.75) is 26.2 Å². The summed E-state index contributed by atoms with van der Waals surface area (Å²) >= 11 is 0. The molecule has 1 aliphatic rings. The van der Waals surface area contributed by atoms with Gasteiger partial charge in [0.2, 0.25) is 0 Å². The Balaban J connectivity index is 1.75. The highest BCUT2D eigenvalue weighted by Crippen LogP contribution is 2.29. The quantitative estimate of drug-likeness (QED) is 0.629. The monoisotopic (exact) mass is 350 g/mol. The predicted octanol–water partition coefficient (Wildman–Crippen LogP) is 3.21. The Bertz CT molecular complexity index is 940. The number of Topliss-reactive ketones (excluding diaryl/α,β-unsaturated/α-hetero) is 1. The molecular weight excluding hydrogens is 328 g/mol. The van der Waals surface area contributed by atoms with Gasteiger partial charge in [0.15, 0.2) is 11.4 Å². The number of carbonyl (C=O) groups excluding carboxylic acids is 1. The number of rotatable bonds is 4. The number of carbonyl (C=O) groups is 1. The molecule has 1 saturated heterocycles. The highest BCUT2D eigenvalue weighted by Gasteiger charge is 2.22. The Kier molecular flexibility index (Phi) is 4.42. The first kappa shape index (κ1) is 16.7. The van der Waals surface area contributed by atoms with Gasteiger partial charge in [-0.2, -0.15) is 5.10 Å². The molecular formula is C20H22N4O2. The van der Waals surface area contributed by atoms with E-state index in [0.29, 0.717) is 29.2 Å². The lowest BCUT2D eigenvalue weighted by atomic mass is 9.89. The van der Waals surface area contributed by atoms with Crippen LogP contribution >= 0.6 is 0 Å². The predicted molar refractivity (Wildman–Crippen MR) is 100 cm³/mol. The van der Waals surface area contributed by atoms with Crippen LogP contribution in [-0.2, 0) is 0 Å². The average molecular weight is 350 g/mol. The van der Waals surface area contributed by atoms with Crippen LogP contribution in [0, 0.1) is 12.8 Å². The molecule has 0 bridgehead atoms. The Labute approximate surface area is 151 Å². The number of aromatic nitrogens is 3. The minimum Gasteiger partial charge on any atom is -0.508 e. The first-order chi connectivity index (χ1) is 12.6. The number of hydrogen-bond donors (Lipinski definition) is 3. The summed E-state index contributed by atoms with van der Waals surface area (Å²) in [5.74, 6) is 0.776. The molecule has 3 N–H and O–H groups in total. The zero-order chi connectivity index (χ0) is 18.1. The van der Waals surface area contributed by atoms with Gasteiger partial charge in [0.05, 0.1) is 11.1 Å². The van der Waals surface area contributed by atoms with Gasteiger partial charge in [-0.05, 0) is 69.1 Å². The van der Waals surface area contributed by atoms with Gasteiger partial charge in [0.1, 0.15) is 5.75 Å². The minimum atomic E-state index is 0.147. The zero-order valence-corrected chi connectivity index (χ0v) is 14.7. The summed E-state index contributed by atoms with van der Waals surface area (Å²) in [5.41, 5.74) is 3.64. The normalized spacial score (nSPS) is 15.4.